The normalized spacial score (nSPS) is 22.9. The van der Waals surface area contributed by atoms with Gasteiger partial charge in [0.15, 0.2) is 0 Å². The molecular formula is C12H22N2. The van der Waals surface area contributed by atoms with Crippen molar-refractivity contribution in [3.05, 3.63) is 0 Å². The molecule has 0 amide bonds. The van der Waals surface area contributed by atoms with Crippen LogP contribution in [0.25, 0.3) is 0 Å². The number of piperidine rings is 1. The van der Waals surface area contributed by atoms with Gasteiger partial charge >= 0.3 is 0 Å². The second kappa shape index (κ2) is 6.86. The fraction of sp³-hybridized carbons (Fsp3) is 0.833. The van der Waals surface area contributed by atoms with Crippen molar-refractivity contribution >= 4 is 0 Å². The Bertz CT molecular complexity index is 202. The minimum Gasteiger partial charge on any atom is -0.315 e. The van der Waals surface area contributed by atoms with Gasteiger partial charge < -0.3 is 10.2 Å². The van der Waals surface area contributed by atoms with Crippen molar-refractivity contribution in [3.8, 4) is 11.8 Å². The summed E-state index contributed by atoms with van der Waals surface area (Å²) in [6.45, 7) is 6.64. The summed E-state index contributed by atoms with van der Waals surface area (Å²) in [5, 5.41) is 3.48. The maximum Gasteiger partial charge on any atom is 0.0214 e. The van der Waals surface area contributed by atoms with Gasteiger partial charge in [0.1, 0.15) is 0 Å². The van der Waals surface area contributed by atoms with Crippen LogP contribution in [0.4, 0.5) is 0 Å². The van der Waals surface area contributed by atoms with Crippen molar-refractivity contribution in [2.45, 2.75) is 26.2 Å². The van der Waals surface area contributed by atoms with Crippen LogP contribution in [-0.4, -0.2) is 38.1 Å². The van der Waals surface area contributed by atoms with Crippen molar-refractivity contribution in [2.24, 2.45) is 5.92 Å². The smallest absolute Gasteiger partial charge is 0.0214 e. The van der Waals surface area contributed by atoms with Gasteiger partial charge in [-0.3, -0.25) is 0 Å². The number of hydrogen-bond donors (Lipinski definition) is 1. The van der Waals surface area contributed by atoms with E-state index in [9.17, 15) is 0 Å². The molecule has 1 aliphatic rings. The molecule has 1 heterocycles. The first-order chi connectivity index (χ1) is 6.83. The van der Waals surface area contributed by atoms with Gasteiger partial charge in [0.2, 0.25) is 0 Å². The number of nitrogens with zero attached hydrogens (tertiary/aromatic N) is 1. The molecule has 1 N–H and O–H groups in total. The van der Waals surface area contributed by atoms with E-state index < -0.39 is 0 Å². The monoisotopic (exact) mass is 194 g/mol. The Morgan fingerprint density at radius 3 is 3.07 bits per heavy atom. The van der Waals surface area contributed by atoms with Gasteiger partial charge in [-0.15, -0.1) is 11.8 Å². The lowest BCUT2D eigenvalue weighted by Crippen LogP contribution is -2.37. The maximum atomic E-state index is 3.48. The van der Waals surface area contributed by atoms with Gasteiger partial charge in [0.05, 0.1) is 0 Å². The summed E-state index contributed by atoms with van der Waals surface area (Å²) in [4.78, 5) is 2.43. The van der Waals surface area contributed by atoms with Crippen LogP contribution < -0.4 is 5.32 Å². The molecule has 0 saturated carbocycles. The fourth-order valence-corrected chi connectivity index (χ4v) is 2.02. The van der Waals surface area contributed by atoms with Crippen molar-refractivity contribution in [3.63, 3.8) is 0 Å². The zero-order valence-corrected chi connectivity index (χ0v) is 9.47. The summed E-state index contributed by atoms with van der Waals surface area (Å²) in [6.07, 6.45) is 3.73. The van der Waals surface area contributed by atoms with Gasteiger partial charge in [-0.25, -0.2) is 0 Å². The Balaban J connectivity index is 2.02. The molecule has 1 fully saturated rings. The highest BCUT2D eigenvalue weighted by atomic mass is 15.1. The van der Waals surface area contributed by atoms with Crippen LogP contribution in [0.1, 0.15) is 26.2 Å². The molecule has 14 heavy (non-hydrogen) atoms. The van der Waals surface area contributed by atoms with E-state index in [1.807, 2.05) is 6.92 Å². The second-order valence-corrected chi connectivity index (χ2v) is 4.15. The van der Waals surface area contributed by atoms with Crippen LogP contribution in [0.2, 0.25) is 0 Å². The third-order valence-corrected chi connectivity index (χ3v) is 2.76. The third kappa shape index (κ3) is 4.64. The molecule has 0 aromatic carbocycles. The maximum absolute atomic E-state index is 3.48. The number of likely N-dealkylation sites (tertiary alicyclic amines) is 1. The van der Waals surface area contributed by atoms with Crippen LogP contribution >= 0.6 is 0 Å². The van der Waals surface area contributed by atoms with Crippen molar-refractivity contribution < 1.29 is 0 Å². The molecule has 1 rings (SSSR count). The quantitative estimate of drug-likeness (QED) is 0.536. The molecule has 1 saturated heterocycles. The van der Waals surface area contributed by atoms with Crippen LogP contribution in [0.15, 0.2) is 0 Å². The van der Waals surface area contributed by atoms with E-state index >= 15 is 0 Å². The van der Waals surface area contributed by atoms with Gasteiger partial charge in [-0.2, -0.15) is 0 Å². The van der Waals surface area contributed by atoms with E-state index in [4.69, 9.17) is 0 Å². The van der Waals surface area contributed by atoms with Crippen molar-refractivity contribution in [1.82, 2.24) is 10.2 Å². The summed E-state index contributed by atoms with van der Waals surface area (Å²) in [7, 11) is 2.22. The summed E-state index contributed by atoms with van der Waals surface area (Å²) in [6, 6.07) is 0. The first-order valence-electron chi connectivity index (χ1n) is 5.62. The molecule has 0 aromatic rings. The lowest BCUT2D eigenvalue weighted by atomic mass is 9.98. The van der Waals surface area contributed by atoms with E-state index in [0.29, 0.717) is 0 Å². The van der Waals surface area contributed by atoms with Gasteiger partial charge in [0.25, 0.3) is 0 Å². The summed E-state index contributed by atoms with van der Waals surface area (Å²) < 4.78 is 0. The third-order valence-electron chi connectivity index (χ3n) is 2.76. The summed E-state index contributed by atoms with van der Waals surface area (Å²) in [5.41, 5.74) is 0. The Labute approximate surface area is 88.1 Å². The van der Waals surface area contributed by atoms with Crippen LogP contribution in [0, 0.1) is 17.8 Å². The SMILES string of the molecule is CC#CCCNCC1CCCN(C)C1. The molecule has 2 heteroatoms. The fourth-order valence-electron chi connectivity index (χ4n) is 2.02. The van der Waals surface area contributed by atoms with Crippen LogP contribution in [0.3, 0.4) is 0 Å². The summed E-state index contributed by atoms with van der Waals surface area (Å²) in [5.74, 6) is 6.84. The average molecular weight is 194 g/mol. The predicted octanol–water partition coefficient (Wildman–Crippen LogP) is 1.33. The average Bonchev–Trinajstić information content (AvgIpc) is 2.18. The molecule has 80 valence electrons. The highest BCUT2D eigenvalue weighted by molar-refractivity contribution is 4.95. The number of nitrogens with one attached hydrogen (secondary N) is 1. The second-order valence-electron chi connectivity index (χ2n) is 4.15. The molecule has 1 aliphatic heterocycles. The molecule has 0 spiro atoms. The molecule has 0 bridgehead atoms. The predicted molar refractivity (Wildman–Crippen MR) is 61.2 cm³/mol. The van der Waals surface area contributed by atoms with Crippen LogP contribution in [-0.2, 0) is 0 Å². The lowest BCUT2D eigenvalue weighted by molar-refractivity contribution is 0.207. The molecule has 0 aliphatic carbocycles. The number of rotatable bonds is 4. The molecule has 1 unspecified atom stereocenters. The van der Waals surface area contributed by atoms with Crippen LogP contribution in [0.5, 0.6) is 0 Å². The van der Waals surface area contributed by atoms with E-state index in [1.165, 1.54) is 25.9 Å². The topological polar surface area (TPSA) is 15.3 Å². The Morgan fingerprint density at radius 1 is 1.50 bits per heavy atom. The van der Waals surface area contributed by atoms with Crippen molar-refractivity contribution in [2.75, 3.05) is 33.2 Å². The minimum atomic E-state index is 0.850. The van der Waals surface area contributed by atoms with E-state index in [1.54, 1.807) is 0 Å². The Morgan fingerprint density at radius 2 is 2.36 bits per heavy atom. The molecular weight excluding hydrogens is 172 g/mol. The zero-order valence-electron chi connectivity index (χ0n) is 9.47. The van der Waals surface area contributed by atoms with Gasteiger partial charge in [0, 0.05) is 19.5 Å². The van der Waals surface area contributed by atoms with Crippen molar-refractivity contribution in [1.29, 1.82) is 0 Å². The number of hydrogen-bond acceptors (Lipinski definition) is 2. The Hall–Kier alpha value is -0.520. The van der Waals surface area contributed by atoms with Gasteiger partial charge in [-0.05, 0) is 45.8 Å². The first kappa shape index (κ1) is 11.6. The van der Waals surface area contributed by atoms with E-state index in [2.05, 4.69) is 29.1 Å². The highest BCUT2D eigenvalue weighted by Gasteiger charge is 2.15. The van der Waals surface area contributed by atoms with E-state index in [0.717, 1.165) is 25.4 Å². The Kier molecular flexibility index (Phi) is 5.66. The highest BCUT2D eigenvalue weighted by Crippen LogP contribution is 2.13. The summed E-state index contributed by atoms with van der Waals surface area (Å²) >= 11 is 0. The lowest BCUT2D eigenvalue weighted by Gasteiger charge is -2.29. The minimum absolute atomic E-state index is 0.850. The molecule has 1 atom stereocenters. The van der Waals surface area contributed by atoms with E-state index in [-0.39, 0.29) is 0 Å². The largest absolute Gasteiger partial charge is 0.315 e. The molecule has 0 radical (unpaired) electrons. The van der Waals surface area contributed by atoms with Gasteiger partial charge in [-0.1, -0.05) is 0 Å². The molecule has 2 nitrogen and oxygen atoms in total. The zero-order chi connectivity index (χ0) is 10.2. The standard InChI is InChI=1S/C12H22N2/c1-3-4-5-8-13-10-12-7-6-9-14(2)11-12/h12-13H,5-11H2,1-2H3. The first-order valence-corrected chi connectivity index (χ1v) is 5.62. The molecule has 0 aromatic heterocycles.